The van der Waals surface area contributed by atoms with E-state index < -0.39 is 0 Å². The molecule has 4 atom stereocenters. The Morgan fingerprint density at radius 1 is 1.17 bits per heavy atom. The third kappa shape index (κ3) is 4.22. The summed E-state index contributed by atoms with van der Waals surface area (Å²) in [5.74, 6) is 2.74. The van der Waals surface area contributed by atoms with Gasteiger partial charge >= 0.3 is 6.09 Å². The van der Waals surface area contributed by atoms with E-state index in [1.165, 1.54) is 19.3 Å². The lowest BCUT2D eigenvalue weighted by atomic mass is 9.79. The summed E-state index contributed by atoms with van der Waals surface area (Å²) in [6, 6.07) is 7.07. The lowest BCUT2D eigenvalue weighted by Crippen LogP contribution is -2.44. The van der Waals surface area contributed by atoms with Crippen LogP contribution in [0.25, 0.3) is 0 Å². The maximum atomic E-state index is 12.1. The highest BCUT2D eigenvalue weighted by Gasteiger charge is 2.49. The molecule has 2 aliphatic rings. The Hall–Kier alpha value is -1.26. The van der Waals surface area contributed by atoms with Crippen LogP contribution in [0.1, 0.15) is 19.3 Å². The maximum absolute atomic E-state index is 12.1. The zero-order valence-corrected chi connectivity index (χ0v) is 15.6. The monoisotopic (exact) mass is 351 g/mol. The second-order valence-electron chi connectivity index (χ2n) is 8.36. The quantitative estimate of drug-likeness (QED) is 0.805. The molecule has 0 saturated heterocycles. The first-order valence-electron chi connectivity index (χ1n) is 8.81. The van der Waals surface area contributed by atoms with Gasteiger partial charge in [0.1, 0.15) is 0 Å². The average Bonchev–Trinajstić information content (AvgIpc) is 3.08. The number of hydrogen-bond acceptors (Lipinski definition) is 2. The van der Waals surface area contributed by atoms with E-state index in [0.717, 1.165) is 22.9 Å². The van der Waals surface area contributed by atoms with Crippen LogP contribution >= 0.6 is 11.6 Å². The fraction of sp³-hybridized carbons (Fsp3) is 0.632. The van der Waals surface area contributed by atoms with E-state index in [2.05, 4.69) is 26.5 Å². The van der Waals surface area contributed by atoms with Gasteiger partial charge in [0.15, 0.2) is 0 Å². The summed E-state index contributed by atoms with van der Waals surface area (Å²) < 4.78 is 6.54. The molecule has 132 valence electrons. The number of anilines is 1. The van der Waals surface area contributed by atoms with Crippen molar-refractivity contribution in [2.45, 2.75) is 19.3 Å². The summed E-state index contributed by atoms with van der Waals surface area (Å²) in [6.45, 7) is 1.69. The van der Waals surface area contributed by atoms with Gasteiger partial charge in [-0.3, -0.25) is 5.32 Å². The Morgan fingerprint density at radius 3 is 2.42 bits per heavy atom. The minimum atomic E-state index is -0.371. The molecule has 3 rings (SSSR count). The van der Waals surface area contributed by atoms with E-state index in [1.807, 2.05) is 0 Å². The van der Waals surface area contributed by atoms with Crippen molar-refractivity contribution < 1.29 is 14.0 Å². The minimum absolute atomic E-state index is 0.371. The summed E-state index contributed by atoms with van der Waals surface area (Å²) in [5, 5.41) is 3.43. The van der Waals surface area contributed by atoms with Crippen molar-refractivity contribution in [2.24, 2.45) is 23.7 Å². The Morgan fingerprint density at radius 2 is 1.79 bits per heavy atom. The molecular formula is C19H28ClN2O2+. The molecule has 24 heavy (non-hydrogen) atoms. The molecule has 0 radical (unpaired) electrons. The molecule has 0 aromatic heterocycles. The fourth-order valence-electron chi connectivity index (χ4n) is 4.57. The summed E-state index contributed by atoms with van der Waals surface area (Å²) in [5.41, 5.74) is 0.709. The topological polar surface area (TPSA) is 38.3 Å². The molecule has 4 nitrogen and oxygen atoms in total. The van der Waals surface area contributed by atoms with Gasteiger partial charge in [-0.2, -0.15) is 0 Å². The van der Waals surface area contributed by atoms with Crippen LogP contribution in [-0.4, -0.2) is 44.9 Å². The normalized spacial score (nSPS) is 28.8. The van der Waals surface area contributed by atoms with E-state index in [4.69, 9.17) is 16.3 Å². The first-order chi connectivity index (χ1) is 11.3. The highest BCUT2D eigenvalue weighted by Crippen LogP contribution is 2.52. The highest BCUT2D eigenvalue weighted by atomic mass is 35.5. The zero-order chi connectivity index (χ0) is 17.3. The standard InChI is InChI=1S/C19H27ClN2O2/c1-22(2,3)11-17-13-4-5-14(10-13)18(17)12-24-19(23)21-16-8-6-15(20)7-9-16/h6-9,13-14,17-18H,4-5,10-12H2,1-3H3/p+1/t13-,14-,17+,18-/m0/s1. The molecular weight excluding hydrogens is 324 g/mol. The first kappa shape index (κ1) is 17.6. The van der Waals surface area contributed by atoms with Crippen LogP contribution in [0, 0.1) is 23.7 Å². The van der Waals surface area contributed by atoms with Gasteiger partial charge in [0.2, 0.25) is 0 Å². The summed E-state index contributed by atoms with van der Waals surface area (Å²) in [6.07, 6.45) is 3.59. The second-order valence-corrected chi connectivity index (χ2v) is 8.80. The van der Waals surface area contributed by atoms with E-state index in [1.54, 1.807) is 24.3 Å². The smallest absolute Gasteiger partial charge is 0.411 e. The van der Waals surface area contributed by atoms with Crippen LogP contribution in [-0.2, 0) is 4.74 Å². The van der Waals surface area contributed by atoms with Gasteiger partial charge in [0.25, 0.3) is 0 Å². The SMILES string of the molecule is C[N+](C)(C)C[C@@H]1[C@H]2CC[C@@H](C2)[C@@H]1COC(=O)Nc1ccc(Cl)cc1. The average molecular weight is 352 g/mol. The Kier molecular flexibility index (Phi) is 5.07. The molecule has 2 fully saturated rings. The molecule has 2 saturated carbocycles. The third-order valence-electron chi connectivity index (χ3n) is 5.53. The van der Waals surface area contributed by atoms with Gasteiger partial charge in [-0.25, -0.2) is 4.79 Å². The lowest BCUT2D eigenvalue weighted by Gasteiger charge is -2.36. The predicted octanol–water partition coefficient (Wildman–Crippen LogP) is 4.26. The van der Waals surface area contributed by atoms with Crippen LogP contribution in [0.2, 0.25) is 5.02 Å². The zero-order valence-electron chi connectivity index (χ0n) is 14.8. The maximum Gasteiger partial charge on any atom is 0.411 e. The van der Waals surface area contributed by atoms with Crippen molar-refractivity contribution >= 4 is 23.4 Å². The van der Waals surface area contributed by atoms with Crippen molar-refractivity contribution in [1.82, 2.24) is 0 Å². The number of benzene rings is 1. The third-order valence-corrected chi connectivity index (χ3v) is 5.78. The molecule has 2 aliphatic carbocycles. The van der Waals surface area contributed by atoms with Gasteiger partial charge in [-0.15, -0.1) is 0 Å². The minimum Gasteiger partial charge on any atom is -0.449 e. The number of quaternary nitrogens is 1. The number of ether oxygens (including phenoxy) is 1. The van der Waals surface area contributed by atoms with E-state index in [-0.39, 0.29) is 6.09 Å². The number of nitrogens with zero attached hydrogens (tertiary/aromatic N) is 1. The second kappa shape index (κ2) is 6.93. The van der Waals surface area contributed by atoms with Crippen molar-refractivity contribution in [3.8, 4) is 0 Å². The van der Waals surface area contributed by atoms with Crippen molar-refractivity contribution in [3.63, 3.8) is 0 Å². The molecule has 1 amide bonds. The van der Waals surface area contributed by atoms with Crippen LogP contribution in [0.4, 0.5) is 10.5 Å². The van der Waals surface area contributed by atoms with E-state index in [9.17, 15) is 4.79 Å². The largest absolute Gasteiger partial charge is 0.449 e. The lowest BCUT2D eigenvalue weighted by molar-refractivity contribution is -0.874. The van der Waals surface area contributed by atoms with Crippen molar-refractivity contribution in [2.75, 3.05) is 39.6 Å². The molecule has 2 bridgehead atoms. The van der Waals surface area contributed by atoms with Gasteiger partial charge in [-0.1, -0.05) is 11.6 Å². The molecule has 0 heterocycles. The van der Waals surface area contributed by atoms with Crippen LogP contribution in [0.3, 0.4) is 0 Å². The predicted molar refractivity (Wildman–Crippen MR) is 97.1 cm³/mol. The first-order valence-corrected chi connectivity index (χ1v) is 9.19. The number of carbonyl (C=O) groups excluding carboxylic acids is 1. The fourth-order valence-corrected chi connectivity index (χ4v) is 4.69. The molecule has 0 aliphatic heterocycles. The number of carbonyl (C=O) groups is 1. The highest BCUT2D eigenvalue weighted by molar-refractivity contribution is 6.30. The van der Waals surface area contributed by atoms with Gasteiger partial charge in [-0.05, 0) is 55.4 Å². The molecule has 1 aromatic rings. The van der Waals surface area contributed by atoms with Crippen LogP contribution in [0.5, 0.6) is 0 Å². The number of amides is 1. The number of fused-ring (bicyclic) bond motifs is 2. The van der Waals surface area contributed by atoms with Gasteiger partial charge < -0.3 is 9.22 Å². The number of nitrogens with one attached hydrogen (secondary N) is 1. The number of hydrogen-bond donors (Lipinski definition) is 1. The molecule has 0 spiro atoms. The van der Waals surface area contributed by atoms with E-state index in [0.29, 0.717) is 29.2 Å². The number of halogens is 1. The molecule has 5 heteroatoms. The molecule has 0 unspecified atom stereocenters. The molecule has 1 N–H and O–H groups in total. The Bertz CT molecular complexity index is 582. The molecule has 1 aromatic carbocycles. The number of rotatable bonds is 5. The van der Waals surface area contributed by atoms with Gasteiger partial charge in [0, 0.05) is 22.5 Å². The van der Waals surface area contributed by atoms with E-state index >= 15 is 0 Å². The van der Waals surface area contributed by atoms with Crippen molar-refractivity contribution in [1.29, 1.82) is 0 Å². The Labute approximate surface area is 149 Å². The van der Waals surface area contributed by atoms with Gasteiger partial charge in [0.05, 0.1) is 34.3 Å². The Balaban J connectivity index is 1.54. The van der Waals surface area contributed by atoms with Crippen molar-refractivity contribution in [3.05, 3.63) is 29.3 Å². The summed E-state index contributed by atoms with van der Waals surface area (Å²) >= 11 is 5.85. The van der Waals surface area contributed by atoms with Crippen LogP contribution < -0.4 is 5.32 Å². The summed E-state index contributed by atoms with van der Waals surface area (Å²) in [7, 11) is 6.74. The summed E-state index contributed by atoms with van der Waals surface area (Å²) in [4.78, 5) is 12.1. The van der Waals surface area contributed by atoms with Crippen LogP contribution in [0.15, 0.2) is 24.3 Å².